The van der Waals surface area contributed by atoms with Gasteiger partial charge in [-0.1, -0.05) is 12.1 Å². The van der Waals surface area contributed by atoms with Crippen molar-refractivity contribution >= 4 is 24.3 Å². The van der Waals surface area contributed by atoms with Crippen LogP contribution < -0.4 is 11.1 Å². The summed E-state index contributed by atoms with van der Waals surface area (Å²) in [5.41, 5.74) is 7.38. The Kier molecular flexibility index (Phi) is 9.53. The summed E-state index contributed by atoms with van der Waals surface area (Å²) in [5.74, 6) is 0.420. The highest BCUT2D eigenvalue weighted by Gasteiger charge is 2.23. The third kappa shape index (κ3) is 7.04. The summed E-state index contributed by atoms with van der Waals surface area (Å²) in [6, 6.07) is 7.89. The number of hydrogen-bond acceptors (Lipinski definition) is 4. The number of methoxy groups -OCH3 is 1. The van der Waals surface area contributed by atoms with E-state index in [0.717, 1.165) is 44.1 Å². The number of amides is 1. The standard InChI is InChI=1S/C19H28N2O3.ClH/c1-24-18(22)11-6-14-4-9-17(10-5-14)21-19(23)16-7-2-15(3-8-16)12-13-20;/h2-3,7-8,14,17H,4-6,9-13,20H2,1H3,(H,21,23);1H/t14-,17-;. The van der Waals surface area contributed by atoms with E-state index in [9.17, 15) is 9.59 Å². The van der Waals surface area contributed by atoms with Crippen molar-refractivity contribution in [1.29, 1.82) is 0 Å². The number of benzene rings is 1. The lowest BCUT2D eigenvalue weighted by Crippen LogP contribution is -2.37. The molecule has 0 spiro atoms. The van der Waals surface area contributed by atoms with Crippen LogP contribution in [0.25, 0.3) is 0 Å². The summed E-state index contributed by atoms with van der Waals surface area (Å²) in [5, 5.41) is 3.13. The first-order valence-electron chi connectivity index (χ1n) is 8.79. The number of nitrogens with one attached hydrogen (secondary N) is 1. The maximum atomic E-state index is 12.3. The van der Waals surface area contributed by atoms with Gasteiger partial charge in [0.1, 0.15) is 0 Å². The van der Waals surface area contributed by atoms with Crippen LogP contribution in [0.4, 0.5) is 0 Å². The summed E-state index contributed by atoms with van der Waals surface area (Å²) >= 11 is 0. The van der Waals surface area contributed by atoms with Crippen molar-refractivity contribution in [2.45, 2.75) is 51.0 Å². The van der Waals surface area contributed by atoms with Crippen molar-refractivity contribution in [1.82, 2.24) is 5.32 Å². The Balaban J connectivity index is 0.00000312. The topological polar surface area (TPSA) is 81.4 Å². The monoisotopic (exact) mass is 368 g/mol. The van der Waals surface area contributed by atoms with Gasteiger partial charge in [0.2, 0.25) is 0 Å². The lowest BCUT2D eigenvalue weighted by molar-refractivity contribution is -0.141. The van der Waals surface area contributed by atoms with Gasteiger partial charge in [-0.2, -0.15) is 0 Å². The van der Waals surface area contributed by atoms with Gasteiger partial charge in [0, 0.05) is 18.0 Å². The number of carbonyl (C=O) groups excluding carboxylic acids is 2. The molecule has 0 bridgehead atoms. The Morgan fingerprint density at radius 1 is 1.16 bits per heavy atom. The zero-order valence-electron chi connectivity index (χ0n) is 14.8. The minimum atomic E-state index is -0.136. The quantitative estimate of drug-likeness (QED) is 0.725. The summed E-state index contributed by atoms with van der Waals surface area (Å²) in [4.78, 5) is 23.5. The Morgan fingerprint density at radius 2 is 1.80 bits per heavy atom. The van der Waals surface area contributed by atoms with Crippen LogP contribution in [0.2, 0.25) is 0 Å². The third-order valence-corrected chi connectivity index (χ3v) is 4.82. The zero-order chi connectivity index (χ0) is 17.4. The molecule has 3 N–H and O–H groups in total. The molecule has 0 saturated heterocycles. The zero-order valence-corrected chi connectivity index (χ0v) is 15.6. The molecule has 1 aliphatic rings. The van der Waals surface area contributed by atoms with E-state index >= 15 is 0 Å². The Bertz CT molecular complexity index is 540. The van der Waals surface area contributed by atoms with Crippen molar-refractivity contribution in [3.8, 4) is 0 Å². The molecule has 2 rings (SSSR count). The molecule has 0 aliphatic heterocycles. The maximum absolute atomic E-state index is 12.3. The highest BCUT2D eigenvalue weighted by Crippen LogP contribution is 2.28. The van der Waals surface area contributed by atoms with Crippen molar-refractivity contribution in [2.24, 2.45) is 11.7 Å². The lowest BCUT2D eigenvalue weighted by atomic mass is 9.83. The minimum Gasteiger partial charge on any atom is -0.469 e. The molecule has 5 nitrogen and oxygen atoms in total. The number of nitrogens with two attached hydrogens (primary N) is 1. The summed E-state index contributed by atoms with van der Waals surface area (Å²) in [6.07, 6.45) is 6.27. The van der Waals surface area contributed by atoms with E-state index in [-0.39, 0.29) is 30.3 Å². The molecule has 1 fully saturated rings. The van der Waals surface area contributed by atoms with E-state index in [2.05, 4.69) is 10.1 Å². The Labute approximate surface area is 156 Å². The second-order valence-electron chi connectivity index (χ2n) is 6.54. The second-order valence-corrected chi connectivity index (χ2v) is 6.54. The lowest BCUT2D eigenvalue weighted by Gasteiger charge is -2.29. The number of carbonyl (C=O) groups is 2. The van der Waals surface area contributed by atoms with Crippen LogP contribution in [0.15, 0.2) is 24.3 Å². The second kappa shape index (κ2) is 11.1. The third-order valence-electron chi connectivity index (χ3n) is 4.82. The normalized spacial score (nSPS) is 19.6. The van der Waals surface area contributed by atoms with Crippen molar-refractivity contribution < 1.29 is 14.3 Å². The molecule has 140 valence electrons. The maximum Gasteiger partial charge on any atom is 0.305 e. The van der Waals surface area contributed by atoms with Gasteiger partial charge in [0.05, 0.1) is 7.11 Å². The average molecular weight is 369 g/mol. The highest BCUT2D eigenvalue weighted by atomic mass is 35.5. The molecule has 0 heterocycles. The summed E-state index contributed by atoms with van der Waals surface area (Å²) < 4.78 is 4.68. The van der Waals surface area contributed by atoms with Crippen LogP contribution >= 0.6 is 12.4 Å². The molecule has 0 unspecified atom stereocenters. The van der Waals surface area contributed by atoms with Crippen LogP contribution in [0.1, 0.15) is 54.4 Å². The molecule has 0 radical (unpaired) electrons. The molecule has 25 heavy (non-hydrogen) atoms. The van der Waals surface area contributed by atoms with Gasteiger partial charge in [-0.15, -0.1) is 12.4 Å². The molecule has 0 aromatic heterocycles. The first-order chi connectivity index (χ1) is 11.6. The van der Waals surface area contributed by atoms with E-state index in [1.807, 2.05) is 24.3 Å². The van der Waals surface area contributed by atoms with E-state index in [0.29, 0.717) is 24.4 Å². The van der Waals surface area contributed by atoms with Gasteiger partial charge in [-0.25, -0.2) is 0 Å². The number of hydrogen-bond donors (Lipinski definition) is 2. The van der Waals surface area contributed by atoms with Gasteiger partial charge in [-0.3, -0.25) is 9.59 Å². The molecule has 1 aromatic rings. The summed E-state index contributed by atoms with van der Waals surface area (Å²) in [6.45, 7) is 0.616. The smallest absolute Gasteiger partial charge is 0.305 e. The fraction of sp³-hybridized carbons (Fsp3) is 0.579. The average Bonchev–Trinajstić information content (AvgIpc) is 2.61. The van der Waals surface area contributed by atoms with E-state index in [1.54, 1.807) is 0 Å². The van der Waals surface area contributed by atoms with Gasteiger partial charge in [0.15, 0.2) is 0 Å². The number of halogens is 1. The largest absolute Gasteiger partial charge is 0.469 e. The van der Waals surface area contributed by atoms with Crippen LogP contribution in [0.3, 0.4) is 0 Å². The van der Waals surface area contributed by atoms with E-state index < -0.39 is 0 Å². The first kappa shape index (κ1) is 21.5. The fourth-order valence-corrected chi connectivity index (χ4v) is 3.28. The van der Waals surface area contributed by atoms with Crippen LogP contribution in [0.5, 0.6) is 0 Å². The van der Waals surface area contributed by atoms with E-state index in [1.165, 1.54) is 7.11 Å². The molecular weight excluding hydrogens is 340 g/mol. The molecule has 1 aromatic carbocycles. The SMILES string of the molecule is COC(=O)CC[C@H]1CC[C@H](NC(=O)c2ccc(CCN)cc2)CC1.Cl. The van der Waals surface area contributed by atoms with Crippen molar-refractivity contribution in [2.75, 3.05) is 13.7 Å². The van der Waals surface area contributed by atoms with Gasteiger partial charge < -0.3 is 15.8 Å². The number of esters is 1. The van der Waals surface area contributed by atoms with Crippen molar-refractivity contribution in [3.63, 3.8) is 0 Å². The predicted molar refractivity (Wildman–Crippen MR) is 101 cm³/mol. The fourth-order valence-electron chi connectivity index (χ4n) is 3.28. The van der Waals surface area contributed by atoms with E-state index in [4.69, 9.17) is 5.73 Å². The molecule has 1 aliphatic carbocycles. The minimum absolute atomic E-state index is 0. The van der Waals surface area contributed by atoms with Crippen molar-refractivity contribution in [3.05, 3.63) is 35.4 Å². The number of ether oxygens (including phenoxy) is 1. The molecule has 1 amide bonds. The van der Waals surface area contributed by atoms with Gasteiger partial charge >= 0.3 is 5.97 Å². The number of rotatable bonds is 7. The highest BCUT2D eigenvalue weighted by molar-refractivity contribution is 5.94. The molecule has 6 heteroatoms. The van der Waals surface area contributed by atoms with Crippen LogP contribution in [-0.2, 0) is 16.0 Å². The predicted octanol–water partition coefficient (Wildman–Crippen LogP) is 2.85. The van der Waals surface area contributed by atoms with Crippen LogP contribution in [-0.4, -0.2) is 31.6 Å². The Hall–Kier alpha value is -1.59. The first-order valence-corrected chi connectivity index (χ1v) is 8.79. The Morgan fingerprint density at radius 3 is 2.36 bits per heavy atom. The molecular formula is C19H29ClN2O3. The van der Waals surface area contributed by atoms with Gasteiger partial charge in [0.25, 0.3) is 5.91 Å². The van der Waals surface area contributed by atoms with Crippen LogP contribution in [0, 0.1) is 5.92 Å². The molecule has 1 saturated carbocycles. The van der Waals surface area contributed by atoms with Gasteiger partial charge in [-0.05, 0) is 68.7 Å². The summed E-state index contributed by atoms with van der Waals surface area (Å²) in [7, 11) is 1.43. The molecule has 0 atom stereocenters.